The lowest BCUT2D eigenvalue weighted by atomic mass is 10.2. The van der Waals surface area contributed by atoms with E-state index in [4.69, 9.17) is 33.0 Å². The third-order valence-electron chi connectivity index (χ3n) is 1.67. The Hall–Kier alpha value is -1.19. The molecule has 1 rings (SSSR count). The monoisotopic (exact) mass is 246 g/mol. The normalized spacial score (nSPS) is 10.6. The summed E-state index contributed by atoms with van der Waals surface area (Å²) in [5, 5.41) is 9.27. The van der Waals surface area contributed by atoms with E-state index in [2.05, 4.69) is 0 Å². The molecule has 0 saturated heterocycles. The molecule has 0 aromatic heterocycles. The van der Waals surface area contributed by atoms with Crippen molar-refractivity contribution >= 4 is 35.2 Å². The van der Waals surface area contributed by atoms with Crippen LogP contribution in [-0.2, 0) is 4.79 Å². The van der Waals surface area contributed by atoms with Crippen molar-refractivity contribution in [2.24, 2.45) is 0 Å². The average Bonchev–Trinajstić information content (AvgIpc) is 2.14. The first-order chi connectivity index (χ1) is 7.04. The maximum absolute atomic E-state index is 10.4. The number of carboxylic acids is 1. The summed E-state index contributed by atoms with van der Waals surface area (Å²) in [6.07, 6.45) is 2.34. The molecule has 0 atom stereocenters. The van der Waals surface area contributed by atoms with E-state index in [0.29, 0.717) is 21.4 Å². The zero-order chi connectivity index (χ0) is 11.4. The fourth-order valence-corrected chi connectivity index (χ4v) is 1.58. The standard InChI is InChI=1S/C10H8Cl2O3/c1-15-9-5-6(11)4-8(12)7(9)2-3-10(13)14/h2-5H,1H3,(H,13,14)/b3-2+. The summed E-state index contributed by atoms with van der Waals surface area (Å²) in [5.74, 6) is -0.618. The fourth-order valence-electron chi connectivity index (χ4n) is 1.05. The van der Waals surface area contributed by atoms with Crippen LogP contribution >= 0.6 is 23.2 Å². The minimum atomic E-state index is -1.05. The first-order valence-corrected chi connectivity index (χ1v) is 4.74. The van der Waals surface area contributed by atoms with Gasteiger partial charge in [0.25, 0.3) is 0 Å². The lowest BCUT2D eigenvalue weighted by Crippen LogP contribution is -1.90. The van der Waals surface area contributed by atoms with Gasteiger partial charge < -0.3 is 9.84 Å². The largest absolute Gasteiger partial charge is 0.496 e. The second kappa shape index (κ2) is 5.05. The van der Waals surface area contributed by atoms with E-state index in [0.717, 1.165) is 6.08 Å². The molecule has 0 spiro atoms. The molecule has 0 unspecified atom stereocenters. The lowest BCUT2D eigenvalue weighted by Gasteiger charge is -2.07. The minimum absolute atomic E-state index is 0.344. The molecule has 1 N–H and O–H groups in total. The molecule has 0 aliphatic rings. The van der Waals surface area contributed by atoms with Crippen LogP contribution in [0.4, 0.5) is 0 Å². The van der Waals surface area contributed by atoms with Crippen molar-refractivity contribution in [3.8, 4) is 5.75 Å². The molecular formula is C10H8Cl2O3. The van der Waals surface area contributed by atoms with Crippen LogP contribution in [0.3, 0.4) is 0 Å². The van der Waals surface area contributed by atoms with Crippen molar-refractivity contribution in [3.63, 3.8) is 0 Å². The summed E-state index contributed by atoms with van der Waals surface area (Å²) < 4.78 is 5.03. The molecule has 0 bridgehead atoms. The van der Waals surface area contributed by atoms with Crippen LogP contribution < -0.4 is 4.74 Å². The predicted octanol–water partition coefficient (Wildman–Crippen LogP) is 3.10. The Balaban J connectivity index is 3.20. The van der Waals surface area contributed by atoms with Gasteiger partial charge in [0.2, 0.25) is 0 Å². The number of rotatable bonds is 3. The molecule has 0 aliphatic heterocycles. The Morgan fingerprint density at radius 3 is 2.67 bits per heavy atom. The average molecular weight is 247 g/mol. The molecule has 0 heterocycles. The number of hydrogen-bond donors (Lipinski definition) is 1. The molecule has 0 radical (unpaired) electrons. The van der Waals surface area contributed by atoms with Crippen LogP contribution in [0.1, 0.15) is 5.56 Å². The summed E-state index contributed by atoms with van der Waals surface area (Å²) >= 11 is 11.6. The predicted molar refractivity (Wildman–Crippen MR) is 59.7 cm³/mol. The van der Waals surface area contributed by atoms with E-state index in [-0.39, 0.29) is 0 Å². The number of carbonyl (C=O) groups is 1. The van der Waals surface area contributed by atoms with Gasteiger partial charge >= 0.3 is 5.97 Å². The van der Waals surface area contributed by atoms with Gasteiger partial charge in [0.1, 0.15) is 5.75 Å². The zero-order valence-electron chi connectivity index (χ0n) is 7.83. The maximum atomic E-state index is 10.4. The molecule has 3 nitrogen and oxygen atoms in total. The van der Waals surface area contributed by atoms with Gasteiger partial charge in [0.15, 0.2) is 0 Å². The van der Waals surface area contributed by atoms with Gasteiger partial charge in [-0.25, -0.2) is 4.79 Å². The topological polar surface area (TPSA) is 46.5 Å². The van der Waals surface area contributed by atoms with Gasteiger partial charge in [0, 0.05) is 16.7 Å². The maximum Gasteiger partial charge on any atom is 0.328 e. The molecule has 0 fully saturated rings. The number of benzene rings is 1. The Morgan fingerprint density at radius 2 is 2.13 bits per heavy atom. The highest BCUT2D eigenvalue weighted by Gasteiger charge is 2.07. The van der Waals surface area contributed by atoms with Crippen LogP contribution in [0, 0.1) is 0 Å². The van der Waals surface area contributed by atoms with E-state index in [1.807, 2.05) is 0 Å². The number of methoxy groups -OCH3 is 1. The van der Waals surface area contributed by atoms with Crippen LogP contribution in [0.2, 0.25) is 10.0 Å². The highest BCUT2D eigenvalue weighted by molar-refractivity contribution is 6.36. The number of ether oxygens (including phenoxy) is 1. The first kappa shape index (κ1) is 11.9. The van der Waals surface area contributed by atoms with Crippen molar-refractivity contribution in [2.45, 2.75) is 0 Å². The molecule has 80 valence electrons. The quantitative estimate of drug-likeness (QED) is 0.834. The van der Waals surface area contributed by atoms with Crippen molar-refractivity contribution < 1.29 is 14.6 Å². The van der Waals surface area contributed by atoms with E-state index >= 15 is 0 Å². The van der Waals surface area contributed by atoms with Gasteiger partial charge in [-0.05, 0) is 18.2 Å². The van der Waals surface area contributed by atoms with Crippen LogP contribution in [0.25, 0.3) is 6.08 Å². The van der Waals surface area contributed by atoms with Crippen molar-refractivity contribution in [2.75, 3.05) is 7.11 Å². The van der Waals surface area contributed by atoms with E-state index in [1.54, 1.807) is 6.07 Å². The first-order valence-electron chi connectivity index (χ1n) is 3.98. The van der Waals surface area contributed by atoms with E-state index in [1.165, 1.54) is 19.3 Å². The Labute approximate surface area is 96.9 Å². The van der Waals surface area contributed by atoms with Gasteiger partial charge in [-0.3, -0.25) is 0 Å². The highest BCUT2D eigenvalue weighted by atomic mass is 35.5. The van der Waals surface area contributed by atoms with Crippen LogP contribution in [-0.4, -0.2) is 18.2 Å². The molecular weight excluding hydrogens is 239 g/mol. The fraction of sp³-hybridized carbons (Fsp3) is 0.100. The second-order valence-electron chi connectivity index (χ2n) is 2.68. The third-order valence-corrected chi connectivity index (χ3v) is 2.20. The van der Waals surface area contributed by atoms with E-state index < -0.39 is 5.97 Å². The molecule has 0 saturated carbocycles. The highest BCUT2D eigenvalue weighted by Crippen LogP contribution is 2.31. The number of halogens is 2. The zero-order valence-corrected chi connectivity index (χ0v) is 9.34. The Kier molecular flexibility index (Phi) is 4.00. The Bertz CT molecular complexity index is 413. The second-order valence-corrected chi connectivity index (χ2v) is 3.52. The van der Waals surface area contributed by atoms with Crippen molar-refractivity contribution in [1.29, 1.82) is 0 Å². The molecule has 15 heavy (non-hydrogen) atoms. The molecule has 0 aliphatic carbocycles. The molecule has 1 aromatic carbocycles. The summed E-state index contributed by atoms with van der Waals surface area (Å²) in [6.45, 7) is 0. The van der Waals surface area contributed by atoms with Gasteiger partial charge in [-0.2, -0.15) is 0 Å². The third kappa shape index (κ3) is 3.15. The summed E-state index contributed by atoms with van der Waals surface area (Å²) in [4.78, 5) is 10.4. The van der Waals surface area contributed by atoms with Crippen molar-refractivity contribution in [3.05, 3.63) is 33.8 Å². The summed E-state index contributed by atoms with van der Waals surface area (Å²) in [5.41, 5.74) is 0.492. The van der Waals surface area contributed by atoms with Crippen LogP contribution in [0.15, 0.2) is 18.2 Å². The smallest absolute Gasteiger partial charge is 0.328 e. The van der Waals surface area contributed by atoms with Crippen LogP contribution in [0.5, 0.6) is 5.75 Å². The van der Waals surface area contributed by atoms with E-state index in [9.17, 15) is 4.79 Å². The molecule has 5 heteroatoms. The van der Waals surface area contributed by atoms with Gasteiger partial charge in [-0.15, -0.1) is 0 Å². The van der Waals surface area contributed by atoms with Gasteiger partial charge in [0.05, 0.1) is 12.1 Å². The minimum Gasteiger partial charge on any atom is -0.496 e. The van der Waals surface area contributed by atoms with Crippen molar-refractivity contribution in [1.82, 2.24) is 0 Å². The lowest BCUT2D eigenvalue weighted by molar-refractivity contribution is -0.131. The number of carboxylic acid groups (broad SMARTS) is 1. The molecule has 0 amide bonds. The summed E-state index contributed by atoms with van der Waals surface area (Å²) in [7, 11) is 1.46. The summed E-state index contributed by atoms with van der Waals surface area (Å²) in [6, 6.07) is 3.09. The SMILES string of the molecule is COc1cc(Cl)cc(Cl)c1/C=C/C(=O)O. The van der Waals surface area contributed by atoms with Gasteiger partial charge in [-0.1, -0.05) is 23.2 Å². The molecule has 1 aromatic rings. The number of aliphatic carboxylic acids is 1. The number of hydrogen-bond acceptors (Lipinski definition) is 2. The Morgan fingerprint density at radius 1 is 1.47 bits per heavy atom.